The van der Waals surface area contributed by atoms with Crippen molar-refractivity contribution in [1.82, 2.24) is 0 Å². The zero-order valence-electron chi connectivity index (χ0n) is 5.19. The van der Waals surface area contributed by atoms with Crippen molar-refractivity contribution in [3.05, 3.63) is 6.92 Å². The fraction of sp³-hybridized carbons (Fsp3) is 0.500. The molecule has 0 atom stereocenters. The monoisotopic (exact) mass is 181 g/mol. The molecule has 0 unspecified atom stereocenters. The maximum Gasteiger partial charge on any atom is 1.00 e. The summed E-state index contributed by atoms with van der Waals surface area (Å²) < 4.78 is 8.88. The van der Waals surface area contributed by atoms with Gasteiger partial charge in [0.15, 0.2) is 0 Å². The number of rotatable bonds is 0. The molecule has 0 fully saturated rings. The summed E-state index contributed by atoms with van der Waals surface area (Å²) in [5.74, 6) is 0. The molecular weight excluding hydrogens is 172 g/mol. The molecule has 5 nitrogen and oxygen atoms in total. The summed E-state index contributed by atoms with van der Waals surface area (Å²) in [5, 5.41) is 0. The number of hydrogen-bond acceptors (Lipinski definition) is 2. The van der Waals surface area contributed by atoms with E-state index in [1.165, 1.54) is 0 Å². The second-order valence-electron chi connectivity index (χ2n) is 0.802. The Morgan fingerprint density at radius 2 is 1.44 bits per heavy atom. The third kappa shape index (κ3) is 198. The van der Waals surface area contributed by atoms with Crippen LogP contribution in [0.4, 0.5) is 0 Å². The summed E-state index contributed by atoms with van der Waals surface area (Å²) in [6.07, 6.45) is 0. The average molecular weight is 181 g/mol. The number of phosphoric acid groups is 1. The van der Waals surface area contributed by atoms with Crippen LogP contribution in [-0.2, 0) is 4.57 Å². The second-order valence-corrected chi connectivity index (χ2v) is 1.83. The van der Waals surface area contributed by atoms with Crippen molar-refractivity contribution in [2.24, 2.45) is 5.73 Å². The Kier molecular flexibility index (Phi) is 18.3. The van der Waals surface area contributed by atoms with Crippen molar-refractivity contribution < 1.29 is 70.6 Å². The second kappa shape index (κ2) is 9.71. The Balaban J connectivity index is -0.0000000800. The molecule has 0 aliphatic heterocycles. The molecule has 0 aliphatic carbocycles. The van der Waals surface area contributed by atoms with Gasteiger partial charge in [0.05, 0.1) is 0 Å². The van der Waals surface area contributed by atoms with E-state index in [1.807, 2.05) is 0 Å². The molecule has 0 heterocycles. The third-order valence-electron chi connectivity index (χ3n) is 0. The fourth-order valence-electron chi connectivity index (χ4n) is 0. The van der Waals surface area contributed by atoms with Gasteiger partial charge < -0.3 is 27.3 Å². The molecule has 0 aromatic heterocycles. The summed E-state index contributed by atoms with van der Waals surface area (Å²) in [5.41, 5.74) is 4.74. The van der Waals surface area contributed by atoms with Crippen molar-refractivity contribution >= 4 is 7.82 Å². The van der Waals surface area contributed by atoms with Crippen molar-refractivity contribution in [2.75, 3.05) is 6.54 Å². The molecule has 0 aliphatic rings. The van der Waals surface area contributed by atoms with Crippen LogP contribution in [0.3, 0.4) is 0 Å². The topological polar surface area (TPSA) is 104 Å². The van der Waals surface area contributed by atoms with E-state index in [1.54, 1.807) is 0 Å². The molecule has 0 saturated heterocycles. The molecule has 7 heteroatoms. The van der Waals surface area contributed by atoms with Gasteiger partial charge in [-0.2, -0.15) is 0 Å². The Morgan fingerprint density at radius 1 is 1.44 bits per heavy atom. The smallest absolute Gasteiger partial charge is 0.360 e. The Hall–Kier alpha value is 1.71. The van der Waals surface area contributed by atoms with Crippen molar-refractivity contribution in [3.8, 4) is 0 Å². The number of nitrogens with two attached hydrogens (primary N) is 1. The SMILES string of the molecule is O=P(O)(O)O.[CH2-]CN.[K+]. The maximum absolute atomic E-state index is 8.88. The van der Waals surface area contributed by atoms with Crippen LogP contribution in [0.25, 0.3) is 0 Å². The van der Waals surface area contributed by atoms with Crippen molar-refractivity contribution in [3.63, 3.8) is 0 Å². The summed E-state index contributed by atoms with van der Waals surface area (Å²) in [7, 11) is -4.64. The average Bonchev–Trinajstić information content (AvgIpc) is 1.27. The Bertz CT molecular complexity index is 74.4. The van der Waals surface area contributed by atoms with Gasteiger partial charge in [0, 0.05) is 0 Å². The molecule has 0 spiro atoms. The molecule has 0 aromatic carbocycles. The molecule has 0 bridgehead atoms. The van der Waals surface area contributed by atoms with E-state index in [2.05, 4.69) is 6.92 Å². The molecule has 0 aromatic rings. The van der Waals surface area contributed by atoms with E-state index in [4.69, 9.17) is 25.0 Å². The van der Waals surface area contributed by atoms with Crippen LogP contribution in [0.2, 0.25) is 0 Å². The Morgan fingerprint density at radius 3 is 1.44 bits per heavy atom. The van der Waals surface area contributed by atoms with E-state index >= 15 is 0 Å². The van der Waals surface area contributed by atoms with Crippen molar-refractivity contribution in [2.45, 2.75) is 0 Å². The van der Waals surface area contributed by atoms with E-state index in [-0.39, 0.29) is 51.4 Å². The van der Waals surface area contributed by atoms with Crippen LogP contribution in [0.15, 0.2) is 0 Å². The first kappa shape index (κ1) is 17.0. The summed E-state index contributed by atoms with van der Waals surface area (Å²) in [6.45, 7) is 3.76. The van der Waals surface area contributed by atoms with Gasteiger partial charge >= 0.3 is 59.2 Å². The quantitative estimate of drug-likeness (QED) is 0.172. The van der Waals surface area contributed by atoms with Gasteiger partial charge in [-0.3, -0.25) is 0 Å². The van der Waals surface area contributed by atoms with Crippen LogP contribution in [0, 0.1) is 6.92 Å². The summed E-state index contributed by atoms with van der Waals surface area (Å²) in [4.78, 5) is 21.6. The standard InChI is InChI=1S/C2H6N.K.H3O4P/c1-2-3;;1-5(2,3)4/h1-3H2;;(H3,1,2,3,4)/q-1;+1;. The minimum Gasteiger partial charge on any atom is -0.360 e. The van der Waals surface area contributed by atoms with E-state index < -0.39 is 7.82 Å². The first-order valence-electron chi connectivity index (χ1n) is 1.69. The largest absolute Gasteiger partial charge is 1.00 e. The van der Waals surface area contributed by atoms with Gasteiger partial charge in [0.1, 0.15) is 0 Å². The van der Waals surface area contributed by atoms with Crippen LogP contribution >= 0.6 is 7.82 Å². The van der Waals surface area contributed by atoms with E-state index in [0.29, 0.717) is 6.54 Å². The maximum atomic E-state index is 8.88. The van der Waals surface area contributed by atoms with Crippen LogP contribution in [0.5, 0.6) is 0 Å². The predicted octanol–water partition coefficient (Wildman–Crippen LogP) is -4.15. The Labute approximate surface area is 96.3 Å². The van der Waals surface area contributed by atoms with E-state index in [9.17, 15) is 0 Å². The molecule has 9 heavy (non-hydrogen) atoms. The van der Waals surface area contributed by atoms with Crippen LogP contribution in [0.1, 0.15) is 0 Å². The molecule has 0 saturated carbocycles. The molecule has 52 valence electrons. The van der Waals surface area contributed by atoms with Gasteiger partial charge in [-0.15, -0.1) is 6.54 Å². The minimum absolute atomic E-state index is 0. The fourth-order valence-corrected chi connectivity index (χ4v) is 0. The van der Waals surface area contributed by atoms with Gasteiger partial charge in [-0.25, -0.2) is 4.57 Å². The zero-order valence-corrected chi connectivity index (χ0v) is 9.21. The molecular formula is C2H9KNO4P. The van der Waals surface area contributed by atoms with Crippen LogP contribution < -0.4 is 57.1 Å². The summed E-state index contributed by atoms with van der Waals surface area (Å²) >= 11 is 0. The molecule has 0 radical (unpaired) electrons. The summed E-state index contributed by atoms with van der Waals surface area (Å²) in [6, 6.07) is 0. The van der Waals surface area contributed by atoms with Gasteiger partial charge in [-0.05, 0) is 0 Å². The molecule has 0 rings (SSSR count). The van der Waals surface area contributed by atoms with Crippen LogP contribution in [-0.4, -0.2) is 21.2 Å². The molecule has 0 amide bonds. The predicted molar refractivity (Wildman–Crippen MR) is 28.7 cm³/mol. The van der Waals surface area contributed by atoms with Crippen molar-refractivity contribution in [1.29, 1.82) is 0 Å². The first-order chi connectivity index (χ1) is 3.41. The number of hydrogen-bond donors (Lipinski definition) is 4. The normalized spacial score (nSPS) is 8.56. The van der Waals surface area contributed by atoms with Gasteiger partial charge in [0.25, 0.3) is 0 Å². The third-order valence-corrected chi connectivity index (χ3v) is 0. The minimum atomic E-state index is -4.64. The zero-order chi connectivity index (χ0) is 7.21. The van der Waals surface area contributed by atoms with Gasteiger partial charge in [0.2, 0.25) is 0 Å². The van der Waals surface area contributed by atoms with E-state index in [0.717, 1.165) is 0 Å². The molecule has 5 N–H and O–H groups in total. The first-order valence-corrected chi connectivity index (χ1v) is 3.26. The van der Waals surface area contributed by atoms with Gasteiger partial charge in [-0.1, -0.05) is 0 Å².